The fraction of sp³-hybridized carbons (Fsp3) is 0.250. The largest absolute Gasteiger partial charge is 0.463 e. The highest BCUT2D eigenvalue weighted by atomic mass is 16.5. The van der Waals surface area contributed by atoms with E-state index in [4.69, 9.17) is 0 Å². The summed E-state index contributed by atoms with van der Waals surface area (Å²) in [5.41, 5.74) is 0. The first kappa shape index (κ1) is 18.8. The number of aromatic nitrogens is 6. The lowest BCUT2D eigenvalue weighted by Gasteiger charge is -2.01. The molecule has 0 aliphatic rings. The van der Waals surface area contributed by atoms with Crippen molar-refractivity contribution >= 4 is 29.4 Å². The first-order valence-corrected chi connectivity index (χ1v) is 8.05. The van der Waals surface area contributed by atoms with Crippen molar-refractivity contribution in [3.05, 3.63) is 42.3 Å². The zero-order valence-electron chi connectivity index (χ0n) is 15.6. The minimum absolute atomic E-state index is 0.0420. The zero-order valence-corrected chi connectivity index (χ0v) is 15.6. The summed E-state index contributed by atoms with van der Waals surface area (Å²) in [6, 6.07) is 0. The number of rotatable bonds is 5. The molecule has 3 rings (SSSR count). The van der Waals surface area contributed by atoms with Gasteiger partial charge in [0.25, 0.3) is 11.8 Å². The van der Waals surface area contributed by atoms with E-state index in [-0.39, 0.29) is 29.1 Å². The standard InChI is InChI=1S/C16H18N8O4/c1-22-6-5-17-11(22)14(25)20-9-7-23(2)12(18-9)15(26)21-10-8-24(3)13(19-10)16(27)28-4/h5-8H,1-4H3,(H,20,25)(H,21,26). The van der Waals surface area contributed by atoms with Crippen LogP contribution in [0.3, 0.4) is 0 Å². The van der Waals surface area contributed by atoms with Gasteiger partial charge in [-0.1, -0.05) is 0 Å². The number of carbonyl (C=O) groups is 3. The summed E-state index contributed by atoms with van der Waals surface area (Å²) in [5, 5.41) is 5.14. The summed E-state index contributed by atoms with van der Waals surface area (Å²) >= 11 is 0. The molecular formula is C16H18N8O4. The van der Waals surface area contributed by atoms with Gasteiger partial charge in [-0.2, -0.15) is 0 Å². The molecule has 0 bridgehead atoms. The Labute approximate surface area is 159 Å². The van der Waals surface area contributed by atoms with Gasteiger partial charge in [-0.25, -0.2) is 19.7 Å². The summed E-state index contributed by atoms with van der Waals surface area (Å²) in [7, 11) is 6.14. The highest BCUT2D eigenvalue weighted by molar-refractivity contribution is 6.04. The summed E-state index contributed by atoms with van der Waals surface area (Å²) in [6.45, 7) is 0. The van der Waals surface area contributed by atoms with E-state index in [2.05, 4.69) is 30.3 Å². The lowest BCUT2D eigenvalue weighted by Crippen LogP contribution is -2.18. The van der Waals surface area contributed by atoms with E-state index >= 15 is 0 Å². The van der Waals surface area contributed by atoms with Crippen LogP contribution in [0.4, 0.5) is 11.6 Å². The predicted octanol–water partition coefficient (Wildman–Crippen LogP) is 0.178. The summed E-state index contributed by atoms with van der Waals surface area (Å²) in [5.74, 6) is -0.994. The predicted molar refractivity (Wildman–Crippen MR) is 96.9 cm³/mol. The Hall–Kier alpha value is -3.96. The Morgan fingerprint density at radius 3 is 1.93 bits per heavy atom. The quantitative estimate of drug-likeness (QED) is 0.596. The number of methoxy groups -OCH3 is 1. The monoisotopic (exact) mass is 386 g/mol. The third-order valence-electron chi connectivity index (χ3n) is 3.83. The normalized spacial score (nSPS) is 10.6. The third kappa shape index (κ3) is 3.60. The molecule has 3 aromatic heterocycles. The van der Waals surface area contributed by atoms with Crippen LogP contribution in [0.5, 0.6) is 0 Å². The Kier molecular flexibility index (Phi) is 4.94. The molecule has 146 valence electrons. The number of ether oxygens (including phenoxy) is 1. The second-order valence-electron chi connectivity index (χ2n) is 5.88. The molecule has 0 aliphatic carbocycles. The summed E-state index contributed by atoms with van der Waals surface area (Å²) in [4.78, 5) is 48.4. The number of anilines is 2. The fourth-order valence-electron chi connectivity index (χ4n) is 2.47. The van der Waals surface area contributed by atoms with E-state index in [0.717, 1.165) is 0 Å². The van der Waals surface area contributed by atoms with Crippen LogP contribution in [0, 0.1) is 0 Å². The number of imidazole rings is 3. The molecule has 12 nitrogen and oxygen atoms in total. The van der Waals surface area contributed by atoms with Gasteiger partial charge < -0.3 is 29.1 Å². The molecule has 0 fully saturated rings. The van der Waals surface area contributed by atoms with Crippen molar-refractivity contribution in [3.8, 4) is 0 Å². The summed E-state index contributed by atoms with van der Waals surface area (Å²) < 4.78 is 9.06. The molecule has 3 aromatic rings. The van der Waals surface area contributed by atoms with Crippen LogP contribution in [-0.2, 0) is 25.9 Å². The number of carbonyl (C=O) groups excluding carboxylic acids is 3. The van der Waals surface area contributed by atoms with Gasteiger partial charge in [-0.3, -0.25) is 9.59 Å². The van der Waals surface area contributed by atoms with Crippen LogP contribution >= 0.6 is 0 Å². The summed E-state index contributed by atoms with van der Waals surface area (Å²) in [6.07, 6.45) is 6.11. The maximum absolute atomic E-state index is 12.5. The van der Waals surface area contributed by atoms with Gasteiger partial charge >= 0.3 is 5.97 Å². The number of nitrogens with one attached hydrogen (secondary N) is 2. The van der Waals surface area contributed by atoms with Crippen molar-refractivity contribution in [2.75, 3.05) is 17.7 Å². The molecule has 0 aliphatic heterocycles. The number of aryl methyl sites for hydroxylation is 3. The smallest absolute Gasteiger partial charge is 0.374 e. The van der Waals surface area contributed by atoms with Gasteiger partial charge in [0.05, 0.1) is 7.11 Å². The van der Waals surface area contributed by atoms with Crippen molar-refractivity contribution < 1.29 is 19.1 Å². The maximum atomic E-state index is 12.5. The molecule has 0 saturated heterocycles. The van der Waals surface area contributed by atoms with Crippen molar-refractivity contribution in [3.63, 3.8) is 0 Å². The fourth-order valence-corrected chi connectivity index (χ4v) is 2.47. The van der Waals surface area contributed by atoms with E-state index < -0.39 is 17.8 Å². The highest BCUT2D eigenvalue weighted by Crippen LogP contribution is 2.13. The molecule has 0 unspecified atom stereocenters. The van der Waals surface area contributed by atoms with Crippen LogP contribution in [0.25, 0.3) is 0 Å². The van der Waals surface area contributed by atoms with Crippen molar-refractivity contribution in [1.82, 2.24) is 28.7 Å². The van der Waals surface area contributed by atoms with Gasteiger partial charge in [-0.15, -0.1) is 0 Å². The molecule has 0 spiro atoms. The average molecular weight is 386 g/mol. The average Bonchev–Trinajstić information content (AvgIpc) is 3.33. The minimum atomic E-state index is -0.626. The number of hydrogen-bond acceptors (Lipinski definition) is 7. The van der Waals surface area contributed by atoms with Gasteiger partial charge in [0.1, 0.15) is 0 Å². The third-order valence-corrected chi connectivity index (χ3v) is 3.83. The van der Waals surface area contributed by atoms with Crippen molar-refractivity contribution in [1.29, 1.82) is 0 Å². The van der Waals surface area contributed by atoms with Gasteiger partial charge in [0.15, 0.2) is 17.5 Å². The number of hydrogen-bond donors (Lipinski definition) is 2. The lowest BCUT2D eigenvalue weighted by molar-refractivity contribution is 0.0582. The maximum Gasteiger partial charge on any atom is 0.374 e. The molecule has 12 heteroatoms. The van der Waals surface area contributed by atoms with E-state index in [1.807, 2.05) is 0 Å². The van der Waals surface area contributed by atoms with E-state index in [9.17, 15) is 14.4 Å². The molecule has 3 heterocycles. The van der Waals surface area contributed by atoms with Crippen LogP contribution in [-0.4, -0.2) is 53.5 Å². The van der Waals surface area contributed by atoms with Crippen LogP contribution in [0.15, 0.2) is 24.8 Å². The van der Waals surface area contributed by atoms with Crippen LogP contribution in [0.2, 0.25) is 0 Å². The van der Waals surface area contributed by atoms with Crippen LogP contribution in [0.1, 0.15) is 31.9 Å². The first-order chi connectivity index (χ1) is 13.3. The number of nitrogens with zero attached hydrogens (tertiary/aromatic N) is 6. The topological polar surface area (TPSA) is 138 Å². The van der Waals surface area contributed by atoms with Crippen molar-refractivity contribution in [2.24, 2.45) is 21.1 Å². The molecule has 0 aromatic carbocycles. The van der Waals surface area contributed by atoms with Gasteiger partial charge in [-0.05, 0) is 0 Å². The van der Waals surface area contributed by atoms with Crippen molar-refractivity contribution in [2.45, 2.75) is 0 Å². The van der Waals surface area contributed by atoms with E-state index in [1.165, 1.54) is 34.8 Å². The van der Waals surface area contributed by atoms with E-state index in [1.54, 1.807) is 31.9 Å². The minimum Gasteiger partial charge on any atom is -0.463 e. The SMILES string of the molecule is COC(=O)c1nc(NC(=O)c2nc(NC(=O)c3nccn3C)cn2C)cn1C. The van der Waals surface area contributed by atoms with Gasteiger partial charge in [0, 0.05) is 45.9 Å². The molecule has 0 atom stereocenters. The molecule has 2 amide bonds. The zero-order chi connectivity index (χ0) is 20.4. The lowest BCUT2D eigenvalue weighted by atomic mass is 10.5. The number of esters is 1. The molecule has 0 radical (unpaired) electrons. The second kappa shape index (κ2) is 7.34. The molecule has 28 heavy (non-hydrogen) atoms. The molecular weight excluding hydrogens is 368 g/mol. The number of amides is 2. The molecule has 0 saturated carbocycles. The van der Waals surface area contributed by atoms with E-state index in [0.29, 0.717) is 0 Å². The van der Waals surface area contributed by atoms with Crippen LogP contribution < -0.4 is 10.6 Å². The Balaban J connectivity index is 1.74. The highest BCUT2D eigenvalue weighted by Gasteiger charge is 2.20. The first-order valence-electron chi connectivity index (χ1n) is 8.05. The Morgan fingerprint density at radius 2 is 1.39 bits per heavy atom. The Bertz CT molecular complexity index is 1060. The Morgan fingerprint density at radius 1 is 0.857 bits per heavy atom. The second-order valence-corrected chi connectivity index (χ2v) is 5.88. The van der Waals surface area contributed by atoms with Gasteiger partial charge in [0.2, 0.25) is 11.6 Å². The molecule has 2 N–H and O–H groups in total.